The number of aromatic nitrogens is 2. The van der Waals surface area contributed by atoms with Crippen LogP contribution in [0.4, 0.5) is 5.69 Å². The Hall–Kier alpha value is -7.15. The van der Waals surface area contributed by atoms with Gasteiger partial charge in [-0.3, -0.25) is 0 Å². The number of allylic oxidation sites excluding steroid dienone is 1. The average molecular weight is 950 g/mol. The molecule has 0 fully saturated rings. The number of benzene rings is 9. The molecule has 0 bridgehead atoms. The van der Waals surface area contributed by atoms with Crippen molar-refractivity contribution in [3.63, 3.8) is 0 Å². The second-order valence-corrected chi connectivity index (χ2v) is 17.2. The topological polar surface area (TPSA) is 35.9 Å². The summed E-state index contributed by atoms with van der Waals surface area (Å²) in [4.78, 5) is 1.97. The molecule has 9 aromatic carbocycles. The van der Waals surface area contributed by atoms with Crippen molar-refractivity contribution in [3.05, 3.63) is 217 Å². The van der Waals surface area contributed by atoms with Gasteiger partial charge in [-0.1, -0.05) is 167 Å². The Morgan fingerprint density at radius 1 is 0.446 bits per heavy atom. The molecular formula is C61H48IN3. The van der Waals surface area contributed by atoms with Crippen molar-refractivity contribution >= 4 is 77.8 Å². The predicted octanol–water partition coefficient (Wildman–Crippen LogP) is 16.8. The highest BCUT2D eigenvalue weighted by molar-refractivity contribution is 14.1. The van der Waals surface area contributed by atoms with Gasteiger partial charge in [0, 0.05) is 44.2 Å². The number of alkyl halides is 1. The van der Waals surface area contributed by atoms with Gasteiger partial charge in [-0.25, -0.2) is 0 Å². The van der Waals surface area contributed by atoms with Crippen LogP contribution in [0.3, 0.4) is 0 Å². The summed E-state index contributed by atoms with van der Waals surface area (Å²) in [6.07, 6.45) is 6.78. The molecule has 3 nitrogen and oxygen atoms in total. The van der Waals surface area contributed by atoms with Crippen LogP contribution in [0.25, 0.3) is 105 Å². The van der Waals surface area contributed by atoms with E-state index in [2.05, 4.69) is 215 Å². The fourth-order valence-corrected chi connectivity index (χ4v) is 10.5. The molecule has 2 aromatic heterocycles. The Labute approximate surface area is 394 Å². The van der Waals surface area contributed by atoms with Crippen LogP contribution >= 0.6 is 22.6 Å². The Morgan fingerprint density at radius 3 is 1.78 bits per heavy atom. The molecule has 2 heterocycles. The molecule has 2 aliphatic carbocycles. The summed E-state index contributed by atoms with van der Waals surface area (Å²) in [5, 5.41) is 6.53. The lowest BCUT2D eigenvalue weighted by Crippen LogP contribution is -2.03. The van der Waals surface area contributed by atoms with Crippen LogP contribution in [0.1, 0.15) is 28.8 Å². The standard InChI is InChI=1S/C54H38N2.C6H7N.CH3I/c1-33-27-34(2)29-38(28-33)37-19-22-40-44-23-26-51(45-16-10-15-43(54(44)45)46(40)30-37)56-50-18-9-7-14-42(50)48-32-36(21-25-53(48)56)35-20-24-52-47(31-35)41-13-6-8-17-49(41)55(52)39-11-4-3-5-12-39;7-6-4-2-1-3-5-6;1-2/h3-8,10-17,19-32H,9,18H2,1-2H3;1-5H,7H2;1H3. The number of fused-ring (bicyclic) bond motifs is 9. The lowest BCUT2D eigenvalue weighted by atomic mass is 9.95. The van der Waals surface area contributed by atoms with Gasteiger partial charge in [-0.15, -0.1) is 0 Å². The van der Waals surface area contributed by atoms with Crippen molar-refractivity contribution in [1.82, 2.24) is 9.13 Å². The van der Waals surface area contributed by atoms with Gasteiger partial charge in [0.05, 0.1) is 22.2 Å². The summed E-state index contributed by atoms with van der Waals surface area (Å²) in [5.74, 6) is 0. The van der Waals surface area contributed by atoms with Crippen LogP contribution in [0.5, 0.6) is 0 Å². The number of aryl methyl sites for hydroxylation is 2. The second kappa shape index (κ2) is 16.8. The van der Waals surface area contributed by atoms with E-state index >= 15 is 0 Å². The number of nitrogens with two attached hydrogens (primary N) is 1. The van der Waals surface area contributed by atoms with E-state index in [1.54, 1.807) is 0 Å². The maximum absolute atomic E-state index is 5.36. The quantitative estimate of drug-likeness (QED) is 0.106. The summed E-state index contributed by atoms with van der Waals surface area (Å²) < 4.78 is 4.96. The number of anilines is 1. The Bertz CT molecular complexity index is 3630. The Kier molecular flexibility index (Phi) is 10.5. The lowest BCUT2D eigenvalue weighted by molar-refractivity contribution is 0.892. The minimum absolute atomic E-state index is 0.822. The number of halogens is 1. The van der Waals surface area contributed by atoms with Crippen LogP contribution in [0, 0.1) is 13.8 Å². The highest BCUT2D eigenvalue weighted by Gasteiger charge is 2.26. The van der Waals surface area contributed by atoms with E-state index in [1.807, 2.05) is 35.3 Å². The monoisotopic (exact) mass is 949 g/mol. The average Bonchev–Trinajstić information content (AvgIpc) is 3.98. The highest BCUT2D eigenvalue weighted by atomic mass is 127. The first-order valence-electron chi connectivity index (χ1n) is 22.4. The molecule has 0 saturated carbocycles. The molecule has 2 aliphatic rings. The minimum Gasteiger partial charge on any atom is -0.399 e. The number of para-hydroxylation sites is 3. The largest absolute Gasteiger partial charge is 0.399 e. The first-order chi connectivity index (χ1) is 32.0. The second-order valence-electron chi connectivity index (χ2n) is 17.2. The predicted molar refractivity (Wildman–Crippen MR) is 288 cm³/mol. The zero-order valence-electron chi connectivity index (χ0n) is 36.8. The van der Waals surface area contributed by atoms with E-state index in [0.717, 1.165) is 18.5 Å². The molecule has 0 atom stereocenters. The zero-order valence-corrected chi connectivity index (χ0v) is 39.0. The van der Waals surface area contributed by atoms with E-state index in [-0.39, 0.29) is 0 Å². The number of nitrogens with zero attached hydrogens (tertiary/aromatic N) is 2. The Morgan fingerprint density at radius 2 is 1.05 bits per heavy atom. The summed E-state index contributed by atoms with van der Waals surface area (Å²) in [6, 6.07) is 68.7. The van der Waals surface area contributed by atoms with Crippen molar-refractivity contribution in [2.24, 2.45) is 0 Å². The van der Waals surface area contributed by atoms with E-state index in [1.165, 1.54) is 122 Å². The van der Waals surface area contributed by atoms with Crippen molar-refractivity contribution < 1.29 is 0 Å². The molecule has 0 aliphatic heterocycles. The van der Waals surface area contributed by atoms with Crippen LogP contribution in [0.2, 0.25) is 0 Å². The van der Waals surface area contributed by atoms with Crippen LogP contribution < -0.4 is 5.73 Å². The van der Waals surface area contributed by atoms with E-state index in [4.69, 9.17) is 5.73 Å². The third-order valence-electron chi connectivity index (χ3n) is 13.2. The van der Waals surface area contributed by atoms with Crippen molar-refractivity contribution in [1.29, 1.82) is 0 Å². The maximum atomic E-state index is 5.36. The van der Waals surface area contributed by atoms with Crippen LogP contribution in [-0.4, -0.2) is 14.1 Å². The van der Waals surface area contributed by atoms with Gasteiger partial charge in [0.2, 0.25) is 0 Å². The molecule has 0 unspecified atom stereocenters. The summed E-state index contributed by atoms with van der Waals surface area (Å²) in [5.41, 5.74) is 28.0. The highest BCUT2D eigenvalue weighted by Crippen LogP contribution is 2.50. The number of nitrogen functional groups attached to an aromatic ring is 1. The van der Waals surface area contributed by atoms with Gasteiger partial charge >= 0.3 is 0 Å². The maximum Gasteiger partial charge on any atom is 0.0541 e. The molecule has 314 valence electrons. The summed E-state index contributed by atoms with van der Waals surface area (Å²) in [6.45, 7) is 4.38. The lowest BCUT2D eigenvalue weighted by Gasteiger charge is -2.16. The number of hydrogen-bond donors (Lipinski definition) is 1. The molecule has 13 rings (SSSR count). The van der Waals surface area contributed by atoms with Gasteiger partial charge in [0.15, 0.2) is 0 Å². The third-order valence-corrected chi connectivity index (χ3v) is 13.2. The molecule has 0 amide bonds. The van der Waals surface area contributed by atoms with Crippen LogP contribution in [-0.2, 0) is 6.42 Å². The molecular weight excluding hydrogens is 902 g/mol. The fourth-order valence-electron chi connectivity index (χ4n) is 10.5. The van der Waals surface area contributed by atoms with E-state index in [9.17, 15) is 0 Å². The number of rotatable bonds is 4. The molecule has 0 saturated heterocycles. The molecule has 2 N–H and O–H groups in total. The smallest absolute Gasteiger partial charge is 0.0541 e. The van der Waals surface area contributed by atoms with Crippen molar-refractivity contribution in [3.8, 4) is 55.9 Å². The fraction of sp³-hybridized carbons (Fsp3) is 0.0820. The Balaban J connectivity index is 0.000000474. The molecule has 4 heteroatoms. The van der Waals surface area contributed by atoms with Gasteiger partial charge < -0.3 is 14.9 Å². The van der Waals surface area contributed by atoms with Gasteiger partial charge in [0.1, 0.15) is 0 Å². The normalized spacial score (nSPS) is 12.2. The van der Waals surface area contributed by atoms with Crippen LogP contribution in [0.15, 0.2) is 194 Å². The zero-order chi connectivity index (χ0) is 44.2. The summed E-state index contributed by atoms with van der Waals surface area (Å²) >= 11 is 2.15. The van der Waals surface area contributed by atoms with Gasteiger partial charge in [-0.05, 0) is 148 Å². The summed E-state index contributed by atoms with van der Waals surface area (Å²) in [7, 11) is 0. The molecule has 65 heavy (non-hydrogen) atoms. The number of hydrogen-bond acceptors (Lipinski definition) is 1. The first-order valence-corrected chi connectivity index (χ1v) is 24.5. The third kappa shape index (κ3) is 6.95. The van der Waals surface area contributed by atoms with Gasteiger partial charge in [-0.2, -0.15) is 0 Å². The molecule has 11 aromatic rings. The van der Waals surface area contributed by atoms with E-state index in [0.29, 0.717) is 0 Å². The van der Waals surface area contributed by atoms with Crippen molar-refractivity contribution in [2.45, 2.75) is 26.7 Å². The minimum atomic E-state index is 0.822. The SMILES string of the molecule is CI.Cc1cc(C)cc(-c2ccc3c(c2)-c2cccc4c(-n5c6c(c7cc(-c8ccc9c(c8)c8ccccc8n9-c8ccccc8)ccc75)C=CCC6)ccc-3c24)c1.Nc1ccccc1. The van der Waals surface area contributed by atoms with Gasteiger partial charge in [0.25, 0.3) is 0 Å². The molecule has 0 radical (unpaired) electrons. The molecule has 0 spiro atoms. The van der Waals surface area contributed by atoms with E-state index < -0.39 is 0 Å². The van der Waals surface area contributed by atoms with Crippen molar-refractivity contribution in [2.75, 3.05) is 10.7 Å². The first kappa shape index (κ1) is 40.6.